The van der Waals surface area contributed by atoms with Gasteiger partial charge >= 0.3 is 5.97 Å². The van der Waals surface area contributed by atoms with Crippen LogP contribution in [-0.4, -0.2) is 25.7 Å². The van der Waals surface area contributed by atoms with Crippen LogP contribution in [0, 0.1) is 13.8 Å². The second-order valence-corrected chi connectivity index (χ2v) is 8.42. The molecule has 0 saturated carbocycles. The molecule has 0 aromatic heterocycles. The molecule has 0 bridgehead atoms. The molecule has 172 valence electrons. The number of hydrogen-bond acceptors (Lipinski definition) is 5. The number of carbonyl (C=O) groups excluding carboxylic acids is 1. The Kier molecular flexibility index (Phi) is 6.87. The predicted octanol–water partition coefficient (Wildman–Crippen LogP) is 6.65. The zero-order valence-electron chi connectivity index (χ0n) is 19.8. The number of aryl methyl sites for hydroxylation is 2. The maximum atomic E-state index is 12.5. The number of nitrogens with one attached hydrogen (secondary N) is 2. The topological polar surface area (TPSA) is 59.6 Å². The molecule has 4 rings (SSSR count). The molecule has 0 radical (unpaired) electrons. The summed E-state index contributed by atoms with van der Waals surface area (Å²) in [4.78, 5) is 12.5. The summed E-state index contributed by atoms with van der Waals surface area (Å²) in [5, 5.41) is 6.84. The van der Waals surface area contributed by atoms with Crippen LogP contribution in [0.25, 0.3) is 0 Å². The van der Waals surface area contributed by atoms with Crippen molar-refractivity contribution in [3.63, 3.8) is 0 Å². The lowest BCUT2D eigenvalue weighted by atomic mass is 9.84. The van der Waals surface area contributed by atoms with Crippen molar-refractivity contribution >= 4 is 17.3 Å². The van der Waals surface area contributed by atoms with Gasteiger partial charge in [-0.1, -0.05) is 18.2 Å². The Balaban J connectivity index is 1.65. The molecule has 0 amide bonds. The van der Waals surface area contributed by atoms with Crippen molar-refractivity contribution in [2.75, 3.05) is 30.3 Å². The van der Waals surface area contributed by atoms with Gasteiger partial charge in [0.25, 0.3) is 0 Å². The SMILES string of the molecule is CCNc1cc2c(cc1C)C(CCOC(=O)c1ccccc1)c1cc(C)c(NCC)cc1O2. The summed E-state index contributed by atoms with van der Waals surface area (Å²) in [5.74, 6) is 1.50. The number of ether oxygens (including phenoxy) is 2. The predicted molar refractivity (Wildman–Crippen MR) is 134 cm³/mol. The Morgan fingerprint density at radius 2 is 1.42 bits per heavy atom. The molecule has 0 atom stereocenters. The second kappa shape index (κ2) is 9.99. The average Bonchev–Trinajstić information content (AvgIpc) is 2.81. The molecule has 0 saturated heterocycles. The Hall–Kier alpha value is -3.47. The van der Waals surface area contributed by atoms with Gasteiger partial charge in [0.2, 0.25) is 0 Å². The van der Waals surface area contributed by atoms with E-state index in [4.69, 9.17) is 9.47 Å². The van der Waals surface area contributed by atoms with Gasteiger partial charge in [-0.25, -0.2) is 4.79 Å². The van der Waals surface area contributed by atoms with E-state index in [0.29, 0.717) is 18.6 Å². The van der Waals surface area contributed by atoms with E-state index < -0.39 is 0 Å². The van der Waals surface area contributed by atoms with Crippen LogP contribution in [-0.2, 0) is 4.74 Å². The monoisotopic (exact) mass is 444 g/mol. The fourth-order valence-electron chi connectivity index (χ4n) is 4.43. The van der Waals surface area contributed by atoms with Crippen molar-refractivity contribution in [3.05, 3.63) is 82.4 Å². The van der Waals surface area contributed by atoms with E-state index in [0.717, 1.165) is 47.1 Å². The smallest absolute Gasteiger partial charge is 0.338 e. The van der Waals surface area contributed by atoms with Crippen molar-refractivity contribution in [2.24, 2.45) is 0 Å². The minimum atomic E-state index is -0.291. The largest absolute Gasteiger partial charge is 0.462 e. The first kappa shape index (κ1) is 22.7. The highest BCUT2D eigenvalue weighted by molar-refractivity contribution is 5.89. The molecule has 5 heteroatoms. The summed E-state index contributed by atoms with van der Waals surface area (Å²) >= 11 is 0. The van der Waals surface area contributed by atoms with Gasteiger partial charge in [0.1, 0.15) is 11.5 Å². The number of carbonyl (C=O) groups is 1. The highest BCUT2D eigenvalue weighted by Gasteiger charge is 2.29. The maximum absolute atomic E-state index is 12.5. The molecular formula is C28H32N2O3. The van der Waals surface area contributed by atoms with E-state index in [1.807, 2.05) is 18.2 Å². The standard InChI is InChI=1S/C28H32N2O3/c1-5-29-24-16-26-22(14-18(24)3)21(12-13-32-28(31)20-10-8-7-9-11-20)23-15-19(4)25(30-6-2)17-27(23)33-26/h7-11,14-17,21,29-30H,5-6,12-13H2,1-4H3. The van der Waals surface area contributed by atoms with Crippen LogP contribution in [0.2, 0.25) is 0 Å². The number of esters is 1. The van der Waals surface area contributed by atoms with Crippen LogP contribution in [0.5, 0.6) is 11.5 Å². The number of fused-ring (bicyclic) bond motifs is 2. The third kappa shape index (κ3) is 4.82. The first-order chi connectivity index (χ1) is 16.0. The van der Waals surface area contributed by atoms with Gasteiger partial charge in [-0.15, -0.1) is 0 Å². The van der Waals surface area contributed by atoms with Crippen LogP contribution in [0.1, 0.15) is 58.8 Å². The van der Waals surface area contributed by atoms with Gasteiger partial charge in [-0.05, 0) is 69.5 Å². The lowest BCUT2D eigenvalue weighted by Crippen LogP contribution is -2.16. The Morgan fingerprint density at radius 3 is 1.94 bits per heavy atom. The molecule has 5 nitrogen and oxygen atoms in total. The number of hydrogen-bond donors (Lipinski definition) is 2. The van der Waals surface area contributed by atoms with Gasteiger partial charge in [0, 0.05) is 53.6 Å². The summed E-state index contributed by atoms with van der Waals surface area (Å²) in [7, 11) is 0. The van der Waals surface area contributed by atoms with Crippen molar-refractivity contribution in [1.82, 2.24) is 0 Å². The van der Waals surface area contributed by atoms with Gasteiger partial charge in [0.15, 0.2) is 0 Å². The molecule has 1 aliphatic heterocycles. The van der Waals surface area contributed by atoms with Gasteiger partial charge in [0.05, 0.1) is 12.2 Å². The first-order valence-corrected chi connectivity index (χ1v) is 11.7. The van der Waals surface area contributed by atoms with Crippen LogP contribution in [0.15, 0.2) is 54.6 Å². The van der Waals surface area contributed by atoms with E-state index in [2.05, 4.69) is 62.6 Å². The number of benzene rings is 3. The fourth-order valence-corrected chi connectivity index (χ4v) is 4.43. The number of rotatable bonds is 8. The molecule has 1 heterocycles. The summed E-state index contributed by atoms with van der Waals surface area (Å²) < 4.78 is 12.0. The van der Waals surface area contributed by atoms with E-state index in [9.17, 15) is 4.79 Å². The van der Waals surface area contributed by atoms with Gasteiger partial charge in [-0.2, -0.15) is 0 Å². The highest BCUT2D eigenvalue weighted by atomic mass is 16.5. The summed E-state index contributed by atoms with van der Waals surface area (Å²) in [6.45, 7) is 10.4. The van der Waals surface area contributed by atoms with Crippen LogP contribution in [0.4, 0.5) is 11.4 Å². The van der Waals surface area contributed by atoms with E-state index in [-0.39, 0.29) is 11.9 Å². The molecule has 1 aliphatic rings. The molecular weight excluding hydrogens is 412 g/mol. The lowest BCUT2D eigenvalue weighted by molar-refractivity contribution is 0.0495. The fraction of sp³-hybridized carbons (Fsp3) is 0.321. The maximum Gasteiger partial charge on any atom is 0.338 e. The summed E-state index contributed by atoms with van der Waals surface area (Å²) in [6, 6.07) is 17.7. The first-order valence-electron chi connectivity index (χ1n) is 11.7. The third-order valence-electron chi connectivity index (χ3n) is 6.07. The average molecular weight is 445 g/mol. The van der Waals surface area contributed by atoms with Crippen LogP contribution >= 0.6 is 0 Å². The zero-order valence-corrected chi connectivity index (χ0v) is 19.8. The van der Waals surface area contributed by atoms with Crippen LogP contribution in [0.3, 0.4) is 0 Å². The third-order valence-corrected chi connectivity index (χ3v) is 6.07. The number of anilines is 2. The van der Waals surface area contributed by atoms with Crippen molar-refractivity contribution in [2.45, 2.75) is 40.0 Å². The van der Waals surface area contributed by atoms with E-state index >= 15 is 0 Å². The van der Waals surface area contributed by atoms with Crippen molar-refractivity contribution < 1.29 is 14.3 Å². The lowest BCUT2D eigenvalue weighted by Gasteiger charge is -2.30. The molecule has 33 heavy (non-hydrogen) atoms. The zero-order chi connectivity index (χ0) is 23.4. The van der Waals surface area contributed by atoms with E-state index in [1.165, 1.54) is 11.1 Å². The molecule has 0 aliphatic carbocycles. The summed E-state index contributed by atoms with van der Waals surface area (Å²) in [5.41, 5.74) is 7.34. The van der Waals surface area contributed by atoms with Gasteiger partial charge < -0.3 is 20.1 Å². The normalized spacial score (nSPS) is 12.4. The molecule has 0 fully saturated rings. The van der Waals surface area contributed by atoms with Crippen molar-refractivity contribution in [1.29, 1.82) is 0 Å². The van der Waals surface area contributed by atoms with Crippen LogP contribution < -0.4 is 15.4 Å². The molecule has 0 unspecified atom stereocenters. The van der Waals surface area contributed by atoms with Gasteiger partial charge in [-0.3, -0.25) is 0 Å². The molecule has 2 N–H and O–H groups in total. The Labute approximate surface area is 196 Å². The molecule has 0 spiro atoms. The van der Waals surface area contributed by atoms with Crippen molar-refractivity contribution in [3.8, 4) is 11.5 Å². The highest BCUT2D eigenvalue weighted by Crippen LogP contribution is 2.48. The second-order valence-electron chi connectivity index (χ2n) is 8.42. The quantitative estimate of drug-likeness (QED) is 0.381. The van der Waals surface area contributed by atoms with E-state index in [1.54, 1.807) is 12.1 Å². The minimum Gasteiger partial charge on any atom is -0.462 e. The molecule has 3 aromatic carbocycles. The Morgan fingerprint density at radius 1 is 0.879 bits per heavy atom. The summed E-state index contributed by atoms with van der Waals surface area (Å²) in [6.07, 6.45) is 0.682. The molecule has 3 aromatic rings. The Bertz CT molecular complexity index is 1080. The minimum absolute atomic E-state index is 0.0797.